The Morgan fingerprint density at radius 1 is 1.12 bits per heavy atom. The number of benzene rings is 1. The Morgan fingerprint density at radius 2 is 1.96 bits per heavy atom. The van der Waals surface area contributed by atoms with Crippen LogP contribution in [-0.4, -0.2) is 36.2 Å². The van der Waals surface area contributed by atoms with E-state index < -0.39 is 0 Å². The summed E-state index contributed by atoms with van der Waals surface area (Å²) in [6.07, 6.45) is 0. The number of anilines is 1. The van der Waals surface area contributed by atoms with Gasteiger partial charge < -0.3 is 10.3 Å². The summed E-state index contributed by atoms with van der Waals surface area (Å²) >= 11 is 0. The number of rotatable bonds is 3. The minimum Gasteiger partial charge on any atom is -0.383 e. The van der Waals surface area contributed by atoms with Gasteiger partial charge in [0.1, 0.15) is 23.3 Å². The molecule has 0 radical (unpaired) electrons. The van der Waals surface area contributed by atoms with E-state index in [4.69, 9.17) is 5.73 Å². The second-order valence-corrected chi connectivity index (χ2v) is 6.53. The summed E-state index contributed by atoms with van der Waals surface area (Å²) in [6.45, 7) is 7.55. The maximum absolute atomic E-state index is 6.08. The first kappa shape index (κ1) is 15.0. The van der Waals surface area contributed by atoms with E-state index in [9.17, 15) is 0 Å². The van der Waals surface area contributed by atoms with Gasteiger partial charge in [-0.3, -0.25) is 4.90 Å². The van der Waals surface area contributed by atoms with Crippen LogP contribution in [0.3, 0.4) is 0 Å². The number of fused-ring (bicyclic) bond motifs is 2. The van der Waals surface area contributed by atoms with E-state index in [0.717, 1.165) is 48.0 Å². The molecule has 0 saturated carbocycles. The van der Waals surface area contributed by atoms with Gasteiger partial charge in [-0.15, -0.1) is 10.2 Å². The summed E-state index contributed by atoms with van der Waals surface area (Å²) in [7, 11) is 0. The molecule has 124 valence electrons. The molecule has 2 aromatic heterocycles. The molecule has 7 heteroatoms. The zero-order chi connectivity index (χ0) is 16.7. The molecule has 0 unspecified atom stereocenters. The second kappa shape index (κ2) is 5.83. The molecule has 7 nitrogen and oxygen atoms in total. The Kier molecular flexibility index (Phi) is 3.65. The van der Waals surface area contributed by atoms with E-state index in [0.29, 0.717) is 18.3 Å². The van der Waals surface area contributed by atoms with E-state index >= 15 is 0 Å². The van der Waals surface area contributed by atoms with Gasteiger partial charge in [-0.1, -0.05) is 26.0 Å². The lowest BCUT2D eigenvalue weighted by Gasteiger charge is -2.27. The SMILES string of the molecule is CC(C)c1nnc2n1CCN(Cc1nc(N)c3ccccc3n1)C2. The van der Waals surface area contributed by atoms with Crippen molar-refractivity contribution in [2.75, 3.05) is 12.3 Å². The normalized spacial score (nSPS) is 15.1. The van der Waals surface area contributed by atoms with Crippen LogP contribution in [0, 0.1) is 0 Å². The maximum Gasteiger partial charge on any atom is 0.147 e. The van der Waals surface area contributed by atoms with Gasteiger partial charge in [0.25, 0.3) is 0 Å². The smallest absolute Gasteiger partial charge is 0.147 e. The van der Waals surface area contributed by atoms with Crippen molar-refractivity contribution in [3.05, 3.63) is 41.7 Å². The van der Waals surface area contributed by atoms with Crippen molar-refractivity contribution in [2.45, 2.75) is 39.4 Å². The predicted octanol–water partition coefficient (Wildman–Crippen LogP) is 1.94. The van der Waals surface area contributed by atoms with E-state index in [1.807, 2.05) is 24.3 Å². The lowest BCUT2D eigenvalue weighted by Crippen LogP contribution is -2.34. The summed E-state index contributed by atoms with van der Waals surface area (Å²) in [5.41, 5.74) is 6.97. The highest BCUT2D eigenvalue weighted by Gasteiger charge is 2.23. The first-order valence-corrected chi connectivity index (χ1v) is 8.27. The van der Waals surface area contributed by atoms with Crippen LogP contribution in [0.25, 0.3) is 10.9 Å². The third-order valence-corrected chi connectivity index (χ3v) is 4.42. The van der Waals surface area contributed by atoms with Crippen LogP contribution in [0.5, 0.6) is 0 Å². The molecule has 4 rings (SSSR count). The van der Waals surface area contributed by atoms with Gasteiger partial charge in [-0.05, 0) is 12.1 Å². The molecular weight excluding hydrogens is 302 g/mol. The molecule has 1 aliphatic rings. The topological polar surface area (TPSA) is 85.8 Å². The summed E-state index contributed by atoms with van der Waals surface area (Å²) in [6, 6.07) is 7.84. The molecule has 0 spiro atoms. The third-order valence-electron chi connectivity index (χ3n) is 4.42. The van der Waals surface area contributed by atoms with Gasteiger partial charge in [0.05, 0.1) is 18.6 Å². The number of hydrogen-bond acceptors (Lipinski definition) is 6. The molecule has 0 fully saturated rings. The highest BCUT2D eigenvalue weighted by atomic mass is 15.3. The summed E-state index contributed by atoms with van der Waals surface area (Å²) in [5, 5.41) is 9.58. The van der Waals surface area contributed by atoms with Crippen molar-refractivity contribution in [2.24, 2.45) is 0 Å². The Labute approximate surface area is 140 Å². The summed E-state index contributed by atoms with van der Waals surface area (Å²) in [4.78, 5) is 11.4. The zero-order valence-corrected chi connectivity index (χ0v) is 14.0. The maximum atomic E-state index is 6.08. The average molecular weight is 323 g/mol. The molecule has 0 amide bonds. The summed E-state index contributed by atoms with van der Waals surface area (Å²) in [5.74, 6) is 3.76. The number of nitrogen functional groups attached to an aromatic ring is 1. The van der Waals surface area contributed by atoms with Crippen LogP contribution in [0.4, 0.5) is 5.82 Å². The van der Waals surface area contributed by atoms with Crippen molar-refractivity contribution >= 4 is 16.7 Å². The molecular formula is C17H21N7. The number of nitrogens with zero attached hydrogens (tertiary/aromatic N) is 6. The van der Waals surface area contributed by atoms with E-state index in [-0.39, 0.29) is 0 Å². The van der Waals surface area contributed by atoms with Crippen LogP contribution in [0.1, 0.15) is 37.2 Å². The van der Waals surface area contributed by atoms with Gasteiger partial charge in [-0.2, -0.15) is 0 Å². The highest BCUT2D eigenvalue weighted by Crippen LogP contribution is 2.21. The Bertz CT molecular complexity index is 884. The first-order chi connectivity index (χ1) is 11.6. The predicted molar refractivity (Wildman–Crippen MR) is 92.2 cm³/mol. The molecule has 3 aromatic rings. The van der Waals surface area contributed by atoms with Gasteiger partial charge >= 0.3 is 0 Å². The minimum absolute atomic E-state index is 0.390. The number of para-hydroxylation sites is 1. The van der Waals surface area contributed by atoms with Gasteiger partial charge in [-0.25, -0.2) is 9.97 Å². The summed E-state index contributed by atoms with van der Waals surface area (Å²) < 4.78 is 2.23. The fourth-order valence-electron chi connectivity index (χ4n) is 3.21. The largest absolute Gasteiger partial charge is 0.383 e. The second-order valence-electron chi connectivity index (χ2n) is 6.53. The van der Waals surface area contributed by atoms with Crippen molar-refractivity contribution in [3.63, 3.8) is 0 Å². The van der Waals surface area contributed by atoms with Gasteiger partial charge in [0.15, 0.2) is 0 Å². The van der Waals surface area contributed by atoms with Crippen molar-refractivity contribution in [1.82, 2.24) is 29.6 Å². The van der Waals surface area contributed by atoms with Crippen LogP contribution in [0.2, 0.25) is 0 Å². The number of aromatic nitrogens is 5. The van der Waals surface area contributed by atoms with Crippen LogP contribution >= 0.6 is 0 Å². The van der Waals surface area contributed by atoms with Crippen molar-refractivity contribution < 1.29 is 0 Å². The Morgan fingerprint density at radius 3 is 2.79 bits per heavy atom. The van der Waals surface area contributed by atoms with Gasteiger partial charge in [0.2, 0.25) is 0 Å². The standard InChI is InChI=1S/C17H21N7/c1-11(2)17-22-21-15-10-23(7-8-24(15)17)9-14-19-13-6-4-3-5-12(13)16(18)20-14/h3-6,11H,7-10H2,1-2H3,(H2,18,19,20). The average Bonchev–Trinajstić information content (AvgIpc) is 2.98. The Balaban J connectivity index is 1.56. The lowest BCUT2D eigenvalue weighted by atomic mass is 10.2. The molecule has 0 atom stereocenters. The molecule has 0 aliphatic carbocycles. The first-order valence-electron chi connectivity index (χ1n) is 8.27. The number of hydrogen-bond donors (Lipinski definition) is 1. The van der Waals surface area contributed by atoms with Crippen LogP contribution in [0.15, 0.2) is 24.3 Å². The fourth-order valence-corrected chi connectivity index (χ4v) is 3.21. The van der Waals surface area contributed by atoms with E-state index in [2.05, 4.69) is 43.5 Å². The minimum atomic E-state index is 0.390. The molecule has 1 aromatic carbocycles. The molecule has 1 aliphatic heterocycles. The molecule has 24 heavy (non-hydrogen) atoms. The lowest BCUT2D eigenvalue weighted by molar-refractivity contribution is 0.202. The Hall–Kier alpha value is -2.54. The van der Waals surface area contributed by atoms with Crippen LogP contribution < -0.4 is 5.73 Å². The molecule has 3 heterocycles. The van der Waals surface area contributed by atoms with Crippen molar-refractivity contribution in [1.29, 1.82) is 0 Å². The fraction of sp³-hybridized carbons (Fsp3) is 0.412. The quantitative estimate of drug-likeness (QED) is 0.793. The van der Waals surface area contributed by atoms with Gasteiger partial charge in [0, 0.05) is 24.4 Å². The third kappa shape index (κ3) is 2.60. The van der Waals surface area contributed by atoms with E-state index in [1.54, 1.807) is 0 Å². The van der Waals surface area contributed by atoms with E-state index in [1.165, 1.54) is 0 Å². The molecule has 0 saturated heterocycles. The zero-order valence-electron chi connectivity index (χ0n) is 14.0. The molecule has 2 N–H and O–H groups in total. The molecule has 0 bridgehead atoms. The monoisotopic (exact) mass is 323 g/mol. The van der Waals surface area contributed by atoms with Crippen molar-refractivity contribution in [3.8, 4) is 0 Å². The number of nitrogens with two attached hydrogens (primary N) is 1. The van der Waals surface area contributed by atoms with Crippen LogP contribution in [-0.2, 0) is 19.6 Å². The highest BCUT2D eigenvalue weighted by molar-refractivity contribution is 5.87.